The molecule has 124 valence electrons. The summed E-state index contributed by atoms with van der Waals surface area (Å²) in [7, 11) is 0. The summed E-state index contributed by atoms with van der Waals surface area (Å²) in [6.45, 7) is 0.0456. The Bertz CT molecular complexity index is 968. The van der Waals surface area contributed by atoms with Crippen LogP contribution in [0, 0.1) is 3.57 Å². The van der Waals surface area contributed by atoms with Gasteiger partial charge in [-0.15, -0.1) is 0 Å². The van der Waals surface area contributed by atoms with E-state index in [0.29, 0.717) is 5.56 Å². The minimum atomic E-state index is -0.635. The summed E-state index contributed by atoms with van der Waals surface area (Å²) in [6, 6.07) is 20.9. The molecule has 0 aliphatic rings. The van der Waals surface area contributed by atoms with Gasteiger partial charge >= 0.3 is 5.97 Å². The molecular formula is C19H14IN3O2. The summed E-state index contributed by atoms with van der Waals surface area (Å²) >= 11 is 2.09. The van der Waals surface area contributed by atoms with Crippen LogP contribution in [-0.4, -0.2) is 12.5 Å². The fourth-order valence-electron chi connectivity index (χ4n) is 2.55. The molecule has 0 saturated carbocycles. The number of hydrogen-bond acceptors (Lipinski definition) is 3. The highest BCUT2D eigenvalue weighted by atomic mass is 127. The number of ether oxygens (including phenoxy) is 1. The average molecular weight is 443 g/mol. The van der Waals surface area contributed by atoms with Crippen molar-refractivity contribution in [3.63, 3.8) is 0 Å². The van der Waals surface area contributed by atoms with Crippen LogP contribution in [0.2, 0.25) is 0 Å². The fourth-order valence-corrected chi connectivity index (χ4v) is 3.16. The van der Waals surface area contributed by atoms with Crippen molar-refractivity contribution >= 4 is 39.3 Å². The lowest BCUT2D eigenvalue weighted by Crippen LogP contribution is -2.15. The second kappa shape index (κ2) is 8.00. The van der Waals surface area contributed by atoms with Gasteiger partial charge in [-0.2, -0.15) is 0 Å². The molecule has 0 heterocycles. The highest BCUT2D eigenvalue weighted by Crippen LogP contribution is 2.25. The summed E-state index contributed by atoms with van der Waals surface area (Å²) in [5.74, 6) is -0.434. The van der Waals surface area contributed by atoms with Crippen LogP contribution in [0.3, 0.4) is 0 Å². The Kier molecular flexibility index (Phi) is 5.53. The summed E-state index contributed by atoms with van der Waals surface area (Å²) in [6.07, 6.45) is -0.635. The Labute approximate surface area is 158 Å². The second-order valence-corrected chi connectivity index (χ2v) is 6.56. The molecule has 0 saturated heterocycles. The van der Waals surface area contributed by atoms with Crippen LogP contribution in [0.5, 0.6) is 0 Å². The van der Waals surface area contributed by atoms with Gasteiger partial charge in [0.1, 0.15) is 6.10 Å². The van der Waals surface area contributed by atoms with E-state index in [0.717, 1.165) is 19.9 Å². The number of fused-ring (bicyclic) bond motifs is 1. The summed E-state index contributed by atoms with van der Waals surface area (Å²) in [5.41, 5.74) is 9.94. The van der Waals surface area contributed by atoms with Crippen LogP contribution in [0.15, 0.2) is 71.8 Å². The molecule has 3 aromatic carbocycles. The summed E-state index contributed by atoms with van der Waals surface area (Å²) in [5, 5.41) is 5.73. The van der Waals surface area contributed by atoms with E-state index in [2.05, 4.69) is 32.6 Å². The number of rotatable bonds is 5. The van der Waals surface area contributed by atoms with Crippen molar-refractivity contribution in [3.05, 3.63) is 91.9 Å². The van der Waals surface area contributed by atoms with Crippen LogP contribution in [-0.2, 0) is 4.74 Å². The molecule has 0 aliphatic carbocycles. The second-order valence-electron chi connectivity index (χ2n) is 5.39. The monoisotopic (exact) mass is 443 g/mol. The maximum Gasteiger partial charge on any atom is 0.339 e. The van der Waals surface area contributed by atoms with E-state index >= 15 is 0 Å². The molecule has 0 aromatic heterocycles. The molecule has 0 radical (unpaired) electrons. The number of azide groups is 1. The molecule has 3 rings (SSSR count). The zero-order valence-electron chi connectivity index (χ0n) is 13.2. The summed E-state index contributed by atoms with van der Waals surface area (Å²) < 4.78 is 6.46. The highest BCUT2D eigenvalue weighted by molar-refractivity contribution is 14.1. The first kappa shape index (κ1) is 17.3. The van der Waals surface area contributed by atoms with Gasteiger partial charge in [-0.3, -0.25) is 0 Å². The third-order valence-corrected chi connectivity index (χ3v) is 4.74. The lowest BCUT2D eigenvalue weighted by molar-refractivity contribution is 0.0315. The quantitative estimate of drug-likeness (QED) is 0.168. The van der Waals surface area contributed by atoms with Crippen LogP contribution in [0.1, 0.15) is 22.0 Å². The fraction of sp³-hybridized carbons (Fsp3) is 0.105. The third kappa shape index (κ3) is 4.10. The Morgan fingerprint density at radius 2 is 1.80 bits per heavy atom. The zero-order valence-corrected chi connectivity index (χ0v) is 15.3. The highest BCUT2D eigenvalue weighted by Gasteiger charge is 2.19. The lowest BCUT2D eigenvalue weighted by Gasteiger charge is -2.17. The van der Waals surface area contributed by atoms with E-state index in [-0.39, 0.29) is 6.54 Å². The van der Waals surface area contributed by atoms with Crippen LogP contribution in [0.25, 0.3) is 21.2 Å². The van der Waals surface area contributed by atoms with Crippen molar-refractivity contribution in [1.29, 1.82) is 0 Å². The van der Waals surface area contributed by atoms with Gasteiger partial charge in [0.15, 0.2) is 0 Å². The Balaban J connectivity index is 1.92. The molecule has 1 unspecified atom stereocenters. The van der Waals surface area contributed by atoms with Crippen LogP contribution < -0.4 is 0 Å². The van der Waals surface area contributed by atoms with E-state index in [4.69, 9.17) is 10.3 Å². The van der Waals surface area contributed by atoms with Crippen LogP contribution in [0.4, 0.5) is 0 Å². The smallest absolute Gasteiger partial charge is 0.339 e. The molecule has 0 aliphatic heterocycles. The van der Waals surface area contributed by atoms with Crippen molar-refractivity contribution in [2.45, 2.75) is 6.10 Å². The zero-order chi connectivity index (χ0) is 17.6. The minimum absolute atomic E-state index is 0.0456. The molecule has 0 spiro atoms. The molecule has 25 heavy (non-hydrogen) atoms. The predicted molar refractivity (Wildman–Crippen MR) is 105 cm³/mol. The third-order valence-electron chi connectivity index (χ3n) is 3.80. The topological polar surface area (TPSA) is 75.1 Å². The number of halogens is 1. The normalized spacial score (nSPS) is 11.6. The van der Waals surface area contributed by atoms with Gasteiger partial charge in [-0.1, -0.05) is 53.6 Å². The molecule has 1 atom stereocenters. The molecule has 6 heteroatoms. The molecule has 0 bridgehead atoms. The average Bonchev–Trinajstić information content (AvgIpc) is 2.65. The van der Waals surface area contributed by atoms with E-state index in [9.17, 15) is 4.79 Å². The number of nitrogens with zero attached hydrogens (tertiary/aromatic N) is 3. The largest absolute Gasteiger partial charge is 0.454 e. The first-order valence-electron chi connectivity index (χ1n) is 7.64. The molecule has 0 N–H and O–H groups in total. The molecule has 5 nitrogen and oxygen atoms in total. The van der Waals surface area contributed by atoms with Gasteiger partial charge in [0.25, 0.3) is 0 Å². The van der Waals surface area contributed by atoms with E-state index in [1.807, 2.05) is 54.6 Å². The number of hydrogen-bond donors (Lipinski definition) is 0. The van der Waals surface area contributed by atoms with Crippen LogP contribution >= 0.6 is 22.6 Å². The number of benzene rings is 3. The number of carbonyl (C=O) groups is 1. The molecular weight excluding hydrogens is 429 g/mol. The maximum absolute atomic E-state index is 12.5. The van der Waals surface area contributed by atoms with Gasteiger partial charge in [0.2, 0.25) is 0 Å². The first-order chi connectivity index (χ1) is 12.2. The summed E-state index contributed by atoms with van der Waals surface area (Å²) in [4.78, 5) is 15.3. The van der Waals surface area contributed by atoms with Crippen molar-refractivity contribution in [2.75, 3.05) is 6.54 Å². The standard InChI is InChI=1S/C19H14IN3O2/c20-17-8-4-3-7-16(17)19(24)25-18(12-22-23-21)15-10-9-13-5-1-2-6-14(13)11-15/h1-11,18H,12H2. The van der Waals surface area contributed by atoms with E-state index < -0.39 is 12.1 Å². The molecule has 0 amide bonds. The SMILES string of the molecule is [N-]=[N+]=NCC(OC(=O)c1ccccc1I)c1ccc2ccccc2c1. The van der Waals surface area contributed by atoms with E-state index in [1.54, 1.807) is 12.1 Å². The van der Waals surface area contributed by atoms with Gasteiger partial charge in [0, 0.05) is 8.48 Å². The van der Waals surface area contributed by atoms with Crippen molar-refractivity contribution in [2.24, 2.45) is 5.11 Å². The lowest BCUT2D eigenvalue weighted by atomic mass is 10.0. The van der Waals surface area contributed by atoms with Crippen molar-refractivity contribution in [1.82, 2.24) is 0 Å². The number of esters is 1. The molecule has 0 fully saturated rings. The molecule has 3 aromatic rings. The minimum Gasteiger partial charge on any atom is -0.454 e. The van der Waals surface area contributed by atoms with E-state index in [1.165, 1.54) is 0 Å². The Morgan fingerprint density at radius 3 is 2.56 bits per heavy atom. The van der Waals surface area contributed by atoms with Gasteiger partial charge < -0.3 is 4.74 Å². The van der Waals surface area contributed by atoms with Gasteiger partial charge in [-0.05, 0) is 62.7 Å². The maximum atomic E-state index is 12.5. The van der Waals surface area contributed by atoms with Crippen molar-refractivity contribution < 1.29 is 9.53 Å². The van der Waals surface area contributed by atoms with Crippen molar-refractivity contribution in [3.8, 4) is 0 Å². The van der Waals surface area contributed by atoms with Gasteiger partial charge in [-0.25, -0.2) is 4.79 Å². The first-order valence-corrected chi connectivity index (χ1v) is 8.72. The van der Waals surface area contributed by atoms with Gasteiger partial charge in [0.05, 0.1) is 12.1 Å². The Morgan fingerprint density at radius 1 is 1.08 bits per heavy atom. The number of carbonyl (C=O) groups excluding carboxylic acids is 1. The Hall–Kier alpha value is -2.57. The predicted octanol–water partition coefficient (Wildman–Crippen LogP) is 5.65.